The van der Waals surface area contributed by atoms with E-state index in [9.17, 15) is 4.79 Å². The lowest BCUT2D eigenvalue weighted by atomic mass is 9.90. The van der Waals surface area contributed by atoms with E-state index in [-0.39, 0.29) is 0 Å². The van der Waals surface area contributed by atoms with Gasteiger partial charge in [-0.25, -0.2) is 0 Å². The summed E-state index contributed by atoms with van der Waals surface area (Å²) >= 11 is 0. The Morgan fingerprint density at radius 3 is 2.55 bits per heavy atom. The Balaban J connectivity index is 2.12. The van der Waals surface area contributed by atoms with Gasteiger partial charge in [0.05, 0.1) is 0 Å². The zero-order chi connectivity index (χ0) is 8.22. The van der Waals surface area contributed by atoms with Crippen LogP contribution < -0.4 is 0 Å². The van der Waals surface area contributed by atoms with Gasteiger partial charge in [0.15, 0.2) is 0 Å². The highest BCUT2D eigenvalue weighted by Crippen LogP contribution is 2.64. The van der Waals surface area contributed by atoms with Gasteiger partial charge in [-0.1, -0.05) is 20.8 Å². The molecule has 0 amide bonds. The van der Waals surface area contributed by atoms with Crippen LogP contribution in [0, 0.1) is 23.2 Å². The summed E-state index contributed by atoms with van der Waals surface area (Å²) in [6.07, 6.45) is 2.01. The minimum atomic E-state index is 0.345. The quantitative estimate of drug-likeness (QED) is 0.520. The Kier molecular flexibility index (Phi) is 1.25. The summed E-state index contributed by atoms with van der Waals surface area (Å²) in [4.78, 5) is 11.3. The average molecular weight is 152 g/mol. The Morgan fingerprint density at radius 1 is 1.36 bits per heavy atom. The fourth-order valence-electron chi connectivity index (χ4n) is 2.66. The molecule has 3 atom stereocenters. The molecule has 0 unspecified atom stereocenters. The molecule has 0 aromatic carbocycles. The molecule has 0 aromatic rings. The summed E-state index contributed by atoms with van der Waals surface area (Å²) in [5, 5.41) is 0. The zero-order valence-electron chi connectivity index (χ0n) is 7.55. The van der Waals surface area contributed by atoms with Crippen LogP contribution in [0.5, 0.6) is 0 Å². The van der Waals surface area contributed by atoms with Crippen LogP contribution in [0.25, 0.3) is 0 Å². The van der Waals surface area contributed by atoms with E-state index in [1.165, 1.54) is 0 Å². The molecule has 2 rings (SSSR count). The maximum absolute atomic E-state index is 11.3. The highest BCUT2D eigenvalue weighted by molar-refractivity contribution is 5.82. The van der Waals surface area contributed by atoms with Gasteiger partial charge in [-0.2, -0.15) is 0 Å². The van der Waals surface area contributed by atoms with Gasteiger partial charge in [0.25, 0.3) is 0 Å². The summed E-state index contributed by atoms with van der Waals surface area (Å²) in [5.74, 6) is 2.43. The first-order valence-corrected chi connectivity index (χ1v) is 4.56. The van der Waals surface area contributed by atoms with E-state index in [1.54, 1.807) is 0 Å². The number of hydrogen-bond acceptors (Lipinski definition) is 1. The van der Waals surface area contributed by atoms with Gasteiger partial charge in [-0.3, -0.25) is 4.79 Å². The fraction of sp³-hybridized carbons (Fsp3) is 0.900. The van der Waals surface area contributed by atoms with Crippen molar-refractivity contribution in [1.29, 1.82) is 0 Å². The van der Waals surface area contributed by atoms with E-state index in [0.717, 1.165) is 24.7 Å². The highest BCUT2D eigenvalue weighted by atomic mass is 16.1. The number of rotatable bonds is 0. The standard InChI is InChI=1S/C10H16O/c1-6-4-7-8(5-9(6)11)10(7,2)3/h6-8H,4-5H2,1-3H3/t6-,7+,8-/m0/s1. The van der Waals surface area contributed by atoms with Gasteiger partial charge >= 0.3 is 0 Å². The van der Waals surface area contributed by atoms with Crippen molar-refractivity contribution in [3.8, 4) is 0 Å². The summed E-state index contributed by atoms with van der Waals surface area (Å²) in [7, 11) is 0. The van der Waals surface area contributed by atoms with Crippen molar-refractivity contribution in [3.05, 3.63) is 0 Å². The van der Waals surface area contributed by atoms with E-state index in [1.807, 2.05) is 0 Å². The lowest BCUT2D eigenvalue weighted by Gasteiger charge is -2.14. The zero-order valence-corrected chi connectivity index (χ0v) is 7.55. The number of ketones is 1. The molecule has 0 heterocycles. The van der Waals surface area contributed by atoms with Crippen LogP contribution in [0.4, 0.5) is 0 Å². The smallest absolute Gasteiger partial charge is 0.136 e. The molecule has 62 valence electrons. The second-order valence-corrected chi connectivity index (χ2v) is 4.84. The average Bonchev–Trinajstić information content (AvgIpc) is 2.39. The van der Waals surface area contributed by atoms with Gasteiger partial charge in [-0.15, -0.1) is 0 Å². The van der Waals surface area contributed by atoms with Crippen molar-refractivity contribution in [2.45, 2.75) is 33.6 Å². The monoisotopic (exact) mass is 152 g/mol. The van der Waals surface area contributed by atoms with Crippen molar-refractivity contribution in [2.24, 2.45) is 23.2 Å². The van der Waals surface area contributed by atoms with E-state index >= 15 is 0 Å². The van der Waals surface area contributed by atoms with Crippen LogP contribution in [0.3, 0.4) is 0 Å². The van der Waals surface area contributed by atoms with Crippen LogP contribution in [0.15, 0.2) is 0 Å². The van der Waals surface area contributed by atoms with Crippen molar-refractivity contribution in [2.75, 3.05) is 0 Å². The number of hydrogen-bond donors (Lipinski definition) is 0. The highest BCUT2D eigenvalue weighted by Gasteiger charge is 2.60. The molecular formula is C10H16O. The Labute approximate surface area is 68.2 Å². The summed E-state index contributed by atoms with van der Waals surface area (Å²) in [5.41, 5.74) is 0.487. The minimum Gasteiger partial charge on any atom is -0.299 e. The van der Waals surface area contributed by atoms with Crippen molar-refractivity contribution < 1.29 is 4.79 Å². The van der Waals surface area contributed by atoms with Crippen LogP contribution >= 0.6 is 0 Å². The molecule has 2 aliphatic carbocycles. The molecule has 2 fully saturated rings. The molecule has 0 spiro atoms. The van der Waals surface area contributed by atoms with Crippen molar-refractivity contribution in [3.63, 3.8) is 0 Å². The lowest BCUT2D eigenvalue weighted by molar-refractivity contribution is -0.124. The summed E-state index contributed by atoms with van der Waals surface area (Å²) in [6, 6.07) is 0. The second kappa shape index (κ2) is 1.88. The van der Waals surface area contributed by atoms with Gasteiger partial charge in [0, 0.05) is 12.3 Å². The van der Waals surface area contributed by atoms with Gasteiger partial charge in [0.2, 0.25) is 0 Å². The molecule has 2 aliphatic rings. The van der Waals surface area contributed by atoms with Gasteiger partial charge in [-0.05, 0) is 23.7 Å². The molecule has 1 heteroatoms. The first-order chi connectivity index (χ1) is 5.03. The summed E-state index contributed by atoms with van der Waals surface area (Å²) in [6.45, 7) is 6.67. The van der Waals surface area contributed by atoms with E-state index in [0.29, 0.717) is 17.1 Å². The minimum absolute atomic E-state index is 0.345. The Hall–Kier alpha value is -0.330. The maximum Gasteiger partial charge on any atom is 0.136 e. The predicted molar refractivity (Wildman–Crippen MR) is 44.2 cm³/mol. The fourth-order valence-corrected chi connectivity index (χ4v) is 2.66. The number of Topliss-reactive ketones (excluding diaryl/α,β-unsaturated/α-hetero) is 1. The topological polar surface area (TPSA) is 17.1 Å². The lowest BCUT2D eigenvalue weighted by Crippen LogP contribution is -2.17. The normalized spacial score (nSPS) is 46.8. The number of carbonyl (C=O) groups is 1. The van der Waals surface area contributed by atoms with Gasteiger partial charge in [0.1, 0.15) is 5.78 Å². The molecule has 2 saturated carbocycles. The Bertz CT molecular complexity index is 205. The number of carbonyl (C=O) groups excluding carboxylic acids is 1. The summed E-state index contributed by atoms with van der Waals surface area (Å²) < 4.78 is 0. The van der Waals surface area contributed by atoms with Crippen LogP contribution in [-0.4, -0.2) is 5.78 Å². The van der Waals surface area contributed by atoms with Crippen LogP contribution in [-0.2, 0) is 4.79 Å². The van der Waals surface area contributed by atoms with E-state index < -0.39 is 0 Å². The van der Waals surface area contributed by atoms with Crippen molar-refractivity contribution in [1.82, 2.24) is 0 Å². The maximum atomic E-state index is 11.3. The van der Waals surface area contributed by atoms with E-state index in [4.69, 9.17) is 0 Å². The molecule has 0 aliphatic heterocycles. The predicted octanol–water partition coefficient (Wildman–Crippen LogP) is 2.26. The molecule has 0 saturated heterocycles. The SMILES string of the molecule is C[C@H]1C[C@@H]2[C@H](CC1=O)C2(C)C. The van der Waals surface area contributed by atoms with Crippen LogP contribution in [0.2, 0.25) is 0 Å². The largest absolute Gasteiger partial charge is 0.299 e. The van der Waals surface area contributed by atoms with E-state index in [2.05, 4.69) is 20.8 Å². The first-order valence-electron chi connectivity index (χ1n) is 4.56. The number of fused-ring (bicyclic) bond motifs is 1. The third kappa shape index (κ3) is 0.863. The molecule has 0 aromatic heterocycles. The molecule has 0 N–H and O–H groups in total. The van der Waals surface area contributed by atoms with Crippen LogP contribution in [0.1, 0.15) is 33.6 Å². The second-order valence-electron chi connectivity index (χ2n) is 4.84. The first kappa shape index (κ1) is 7.33. The Morgan fingerprint density at radius 2 is 2.00 bits per heavy atom. The van der Waals surface area contributed by atoms with Gasteiger partial charge < -0.3 is 0 Å². The van der Waals surface area contributed by atoms with Crippen molar-refractivity contribution >= 4 is 5.78 Å². The third-order valence-electron chi connectivity index (χ3n) is 3.87. The molecular weight excluding hydrogens is 136 g/mol. The molecule has 1 nitrogen and oxygen atoms in total. The molecule has 0 bridgehead atoms. The third-order valence-corrected chi connectivity index (χ3v) is 3.87. The molecule has 11 heavy (non-hydrogen) atoms. The molecule has 0 radical (unpaired) electrons.